The number of methoxy groups -OCH3 is 2. The number of halogens is 3. The number of nitrogens with one attached hydrogen (secondary N) is 6. The Kier molecular flexibility index (Phi) is 23.1. The maximum atomic E-state index is 15.2. The van der Waals surface area contributed by atoms with Gasteiger partial charge in [0.2, 0.25) is 19.7 Å². The lowest BCUT2D eigenvalue weighted by Crippen LogP contribution is -2.43. The van der Waals surface area contributed by atoms with Gasteiger partial charge in [-0.2, -0.15) is 19.9 Å². The number of carbonyl (C=O) groups excluding carboxylic acids is 3. The van der Waals surface area contributed by atoms with E-state index in [1.807, 2.05) is 20.8 Å². The summed E-state index contributed by atoms with van der Waals surface area (Å²) in [5.41, 5.74) is 9.35. The topological polar surface area (TPSA) is 481 Å². The quantitative estimate of drug-likeness (QED) is 0.0225. The zero-order valence-corrected chi connectivity index (χ0v) is 83.2. The number of alkyl carbamates (subject to hydrolysis) is 1. The van der Waals surface area contributed by atoms with Crippen molar-refractivity contribution in [3.8, 4) is 40.8 Å². The third-order valence-corrected chi connectivity index (χ3v) is 28.4. The molecule has 3 saturated heterocycles. The van der Waals surface area contributed by atoms with E-state index in [1.54, 1.807) is 150 Å². The molecule has 0 bridgehead atoms. The summed E-state index contributed by atoms with van der Waals surface area (Å²) in [6, 6.07) is 21.1. The zero-order chi connectivity index (χ0) is 133. The van der Waals surface area contributed by atoms with Crippen molar-refractivity contribution in [2.45, 2.75) is 187 Å². The predicted molar refractivity (Wildman–Crippen MR) is 568 cm³/mol. The van der Waals surface area contributed by atoms with E-state index in [-0.39, 0.29) is 83.7 Å². The molecule has 0 unspecified atom stereocenters. The lowest BCUT2D eigenvalue weighted by molar-refractivity contribution is 0.0491. The second-order valence-electron chi connectivity index (χ2n) is 39.4. The summed E-state index contributed by atoms with van der Waals surface area (Å²) in [4.78, 5) is 105. The van der Waals surface area contributed by atoms with E-state index in [0.717, 1.165) is 78.9 Å². The van der Waals surface area contributed by atoms with Crippen LogP contribution < -0.4 is 60.2 Å². The number of aromatic amines is 3. The van der Waals surface area contributed by atoms with Gasteiger partial charge >= 0.3 is 30.3 Å². The number of hydrogen-bond acceptors (Lipinski definition) is 32. The highest BCUT2D eigenvalue weighted by Crippen LogP contribution is 2.58. The number of carbonyl (C=O) groups is 3. The van der Waals surface area contributed by atoms with Crippen LogP contribution in [0.25, 0.3) is 65.8 Å². The number of nitrogens with two attached hydrogens (primary N) is 1. The van der Waals surface area contributed by atoms with Crippen LogP contribution in [0.4, 0.5) is 56.3 Å². The van der Waals surface area contributed by atoms with Gasteiger partial charge in [0, 0.05) is 142 Å². The van der Waals surface area contributed by atoms with E-state index < -0.39 is 82.0 Å². The third-order valence-electron chi connectivity index (χ3n) is 25.3. The molecule has 3 aliphatic heterocycles. The van der Waals surface area contributed by atoms with Gasteiger partial charge in [-0.25, -0.2) is 84.3 Å². The number of amides is 3. The molecule has 786 valence electrons. The molecule has 142 heavy (non-hydrogen) atoms. The third kappa shape index (κ3) is 22.9. The average Bonchev–Trinajstić information content (AvgIpc) is 1.57. The Labute approximate surface area is 869 Å². The predicted octanol–water partition coefficient (Wildman–Crippen LogP) is 21.0. The second-order valence-corrected chi connectivity index (χ2v) is 43.2. The van der Waals surface area contributed by atoms with Crippen LogP contribution in [-0.2, 0) is 45.4 Å². The number of aromatic hydroxyl groups is 1. The van der Waals surface area contributed by atoms with Crippen LogP contribution in [0.3, 0.4) is 0 Å². The summed E-state index contributed by atoms with van der Waals surface area (Å²) < 4.78 is 299. The summed E-state index contributed by atoms with van der Waals surface area (Å²) in [7, 11) is -1.07. The fourth-order valence-electron chi connectivity index (χ4n) is 17.5. The van der Waals surface area contributed by atoms with Crippen molar-refractivity contribution < 1.29 is 132 Å². The number of sulfone groups is 2. The van der Waals surface area contributed by atoms with Gasteiger partial charge in [0.15, 0.2) is 22.3 Å². The SMILES string of the molecule is C.CC(C)(C)OC(=O)N[C@H]1CNCC12CC2.CNc1cc(F)cc2c1[nH]c1nc(Oc3cnc(C)nc3)nc(N3C[C@H](N)C4(CC4)C3)c12.COc1ccc(CS(=O)(=O)c2nc(S(=O)(=O)Cc3ccc(OC)cc3)c3c(n2)[nH]c2c(N(C)C(=O)OC(C)(C)C)cc(F)cc23)cc1.Cc1ncc(O)cn1.Cc1ncc(Oc2nc(N3C[C@H](C)C4(CC4)C3)c3c(n2)[nH]c2c(N(C)C(=O)OC(C)(C)C)cc(F)cc23)cn1.[2HH].[2H][2H].[2H][2H].[2H][2H].[2H][2H].[2H][2H].[2H][2H].[2H][2H].[2H][2H].[2H][2H].[2H][2H].[2H][2H].[2H][2H].[2H][2H].[2H][2H].[2H][2H].[2H][2H]. The normalized spacial score (nSPS) is 17.8. The summed E-state index contributed by atoms with van der Waals surface area (Å²) in [5.74, 6) is 3.09. The molecule has 3 atom stereocenters. The van der Waals surface area contributed by atoms with Crippen molar-refractivity contribution in [1.82, 2.24) is 85.4 Å². The highest BCUT2D eigenvalue weighted by Gasteiger charge is 2.56. The zero-order valence-electron chi connectivity index (χ0n) is 114. The smallest absolute Gasteiger partial charge is 0.414 e. The Hall–Kier alpha value is -14.2. The molecule has 3 amide bonds. The maximum Gasteiger partial charge on any atom is 0.414 e. The largest absolute Gasteiger partial charge is 0.505 e. The number of fused-ring (bicyclic) bond motifs is 9. The van der Waals surface area contributed by atoms with Gasteiger partial charge in [-0.05, 0) is 205 Å². The molecule has 6 aliphatic rings. The summed E-state index contributed by atoms with van der Waals surface area (Å²) >= 11 is 0. The number of nitrogens with zero attached hydrogens (tertiary/aromatic N) is 16. The van der Waals surface area contributed by atoms with Crippen molar-refractivity contribution in [2.24, 2.45) is 27.9 Å². The van der Waals surface area contributed by atoms with Crippen LogP contribution in [0.15, 0.2) is 132 Å². The van der Waals surface area contributed by atoms with E-state index in [9.17, 15) is 35.6 Å². The number of H-pyrrole nitrogens is 3. The van der Waals surface area contributed by atoms with E-state index >= 15 is 8.78 Å². The molecule has 38 nitrogen and oxygen atoms in total. The van der Waals surface area contributed by atoms with E-state index in [2.05, 4.69) is 97.5 Å². The van der Waals surface area contributed by atoms with Gasteiger partial charge in [0.05, 0.1) is 119 Å². The van der Waals surface area contributed by atoms with Gasteiger partial charge in [-0.15, -0.1) is 0 Å². The number of hydrogen-bond donors (Lipinski definition) is 8. The molecule has 3 spiro atoms. The summed E-state index contributed by atoms with van der Waals surface area (Å²) in [6.45, 7) is 28.7. The Morgan fingerprint density at radius 3 is 1.37 bits per heavy atom. The number of aryl methyl sites for hydroxylation is 3. The summed E-state index contributed by atoms with van der Waals surface area (Å²) in [6.07, 6.45) is 14.4. The monoisotopic (exact) mass is 2060 g/mol. The van der Waals surface area contributed by atoms with Crippen LogP contribution in [-0.4, -0.2) is 218 Å². The van der Waals surface area contributed by atoms with Gasteiger partial charge in [-0.3, -0.25) is 9.80 Å². The Morgan fingerprint density at radius 1 is 0.542 bits per heavy atom. The van der Waals surface area contributed by atoms with Crippen LogP contribution in [0, 0.1) is 60.4 Å². The highest BCUT2D eigenvalue weighted by molar-refractivity contribution is 7.91. The Morgan fingerprint density at radius 2 is 0.951 bits per heavy atom. The van der Waals surface area contributed by atoms with E-state index in [4.69, 9.17) is 101 Å². The minimum atomic E-state index is -4.39. The molecule has 5 aromatic carbocycles. The minimum Gasteiger partial charge on any atom is -0.505 e. The molecule has 14 aromatic rings. The van der Waals surface area contributed by atoms with Crippen molar-refractivity contribution in [2.75, 3.05) is 99.5 Å². The standard InChI is InChI=1S/C32H33FN4O8S2.C28H32FN7O3.C22H23FN8O.C11H20N2O2.C5H6N2O.CH4.17H2/c1-32(2,3)45-31(38)37(4)25-16-21(33)15-24-26-28(34-27(24)25)35-30(47(41,42)18-20-9-13-23(44-6)14-10-20)36-29(26)46(39,40)17-19-7-11-22(43-5)12-8-19;1-15-13-36(14-28(15)7-8-28)24-21-19-9-17(29)10-20(35(6)26(37)39-27(3,4)5)22(19)32-23(21)33-25(34-24)38-18-11-30-16(2)31-12-18;1-11-26-7-13(8-27-11)32-21-29-19-17(14-5-12(23)6-15(25-2)18(14)28-19)20(30-21)31-9-16(24)22(10-31)3-4-22;1-10(2,3)15-9(14)13-8-6-12-7-11(8)4-5-11;1-4-6-2-5(8)3-7-4;;;;;;;;;;;;;;;;;;/h7-16H,17-18H2,1-6H3,(H,34,35,36);9-12,15H,7-8,13-14H2,1-6H3,(H,32,33,34);5-8,16,25H,3-4,9-10,24H2,1-2H3,(H,28,29,30);8,12H,4-7H2,1-3H3,(H,13,14);2-3,8H,1H3;1H4;17*1H/t;15-;16-;8-;;;;;;;;;;;;;;;;;;;/m.000.................../s1/i;;;;;;16*1+1D;1+1. The van der Waals surface area contributed by atoms with E-state index in [1.165, 1.54) is 88.5 Å². The molecule has 6 fully saturated rings. The van der Waals surface area contributed by atoms with Crippen molar-refractivity contribution in [3.05, 3.63) is 168 Å². The molecule has 3 saturated carbocycles. The molecule has 9 aromatic heterocycles. The molecular formula is C99H152F3N23O15S2. The number of aromatic nitrogens is 15. The fraction of sp³-hybridized carbons (Fsp3) is 0.424. The van der Waals surface area contributed by atoms with Gasteiger partial charge in [0.25, 0.3) is 5.16 Å². The van der Waals surface area contributed by atoms with Crippen molar-refractivity contribution in [3.63, 3.8) is 0 Å². The van der Waals surface area contributed by atoms with Gasteiger partial charge in [0.1, 0.15) is 91.8 Å². The number of ether oxygens (including phenoxy) is 7. The fourth-order valence-corrected chi connectivity index (χ4v) is 20.3. The molecule has 0 radical (unpaired) electrons. The van der Waals surface area contributed by atoms with E-state index in [0.29, 0.717) is 125 Å². The van der Waals surface area contributed by atoms with Gasteiger partial charge < -0.3 is 84.7 Å². The highest BCUT2D eigenvalue weighted by atomic mass is 32.2. The minimum absolute atomic E-state index is 0. The first-order chi connectivity index (χ1) is 82.6. The maximum absolute atomic E-state index is 15.2. The number of benzene rings is 5. The van der Waals surface area contributed by atoms with Crippen LogP contribution in [0.5, 0.6) is 40.8 Å². The Bertz CT molecular complexity index is 7420. The molecule has 3 aliphatic carbocycles. The average molecular weight is 2060 g/mol. The van der Waals surface area contributed by atoms with Gasteiger partial charge in [-0.1, -0.05) is 38.6 Å². The first-order valence-corrected chi connectivity index (χ1v) is 49.2. The molecule has 9 N–H and O–H groups in total. The lowest BCUT2D eigenvalue weighted by Gasteiger charge is -2.25. The van der Waals surface area contributed by atoms with Crippen LogP contribution in [0.1, 0.15) is 193 Å². The first kappa shape index (κ1) is 82.5. The molecular weight excluding hydrogens is 1870 g/mol. The van der Waals surface area contributed by atoms with Crippen molar-refractivity contribution in [1.29, 1.82) is 0 Å². The Balaban J connectivity index is -0.00000210. The van der Waals surface area contributed by atoms with Crippen molar-refractivity contribution >= 4 is 132 Å². The number of anilines is 5. The second kappa shape index (κ2) is 39.7. The number of rotatable bonds is 18. The molecule has 12 heterocycles. The van der Waals surface area contributed by atoms with Crippen LogP contribution >= 0.6 is 0 Å². The summed E-state index contributed by atoms with van der Waals surface area (Å²) in [5, 5.41) is 19.2. The molecule has 20 rings (SSSR count). The lowest BCUT2D eigenvalue weighted by atomic mass is 9.95. The first-order valence-electron chi connectivity index (χ1n) is 61.9. The molecule has 43 heteroatoms. The van der Waals surface area contributed by atoms with Crippen LogP contribution in [0.2, 0.25) is 0 Å².